The molecule has 2 aromatic rings. The Kier molecular flexibility index (Phi) is 4.55. The predicted molar refractivity (Wildman–Crippen MR) is 90.1 cm³/mol. The van der Waals surface area contributed by atoms with Crippen molar-refractivity contribution in [3.05, 3.63) is 41.4 Å². The molecule has 3 rings (SSSR count). The Labute approximate surface area is 135 Å². The molecular weight excluding hydrogens is 294 g/mol. The summed E-state index contributed by atoms with van der Waals surface area (Å²) in [5.41, 5.74) is 1.25. The molecule has 22 heavy (non-hydrogen) atoms. The number of hydrogen-bond donors (Lipinski definition) is 2. The standard InChI is InChI=1S/C17H21N3OS/c1-17(7-9-18-10-8-17)12-20-15(21)14-11-19-16(22-14)13-5-3-2-4-6-13/h2-6,11,18H,7-10,12H2,1H3,(H,20,21). The third-order valence-electron chi connectivity index (χ3n) is 4.24. The third kappa shape index (κ3) is 3.54. The van der Waals surface area contributed by atoms with Gasteiger partial charge in [0.1, 0.15) is 9.88 Å². The van der Waals surface area contributed by atoms with E-state index in [2.05, 4.69) is 22.5 Å². The predicted octanol–water partition coefficient (Wildman–Crippen LogP) is 2.93. The Morgan fingerprint density at radius 2 is 2.05 bits per heavy atom. The molecule has 0 saturated carbocycles. The van der Waals surface area contributed by atoms with Crippen LogP contribution in [-0.2, 0) is 0 Å². The van der Waals surface area contributed by atoms with E-state index in [0.29, 0.717) is 4.88 Å². The fourth-order valence-electron chi connectivity index (χ4n) is 2.68. The molecule has 5 heteroatoms. The van der Waals surface area contributed by atoms with Crippen LogP contribution in [-0.4, -0.2) is 30.5 Å². The Morgan fingerprint density at radius 3 is 2.77 bits per heavy atom. The molecule has 1 amide bonds. The van der Waals surface area contributed by atoms with Crippen molar-refractivity contribution in [2.24, 2.45) is 5.41 Å². The van der Waals surface area contributed by atoms with Crippen molar-refractivity contribution in [1.29, 1.82) is 0 Å². The van der Waals surface area contributed by atoms with Crippen LogP contribution in [0.2, 0.25) is 0 Å². The number of carbonyl (C=O) groups is 1. The van der Waals surface area contributed by atoms with E-state index < -0.39 is 0 Å². The van der Waals surface area contributed by atoms with E-state index >= 15 is 0 Å². The third-order valence-corrected chi connectivity index (χ3v) is 5.28. The maximum absolute atomic E-state index is 12.3. The number of thiazole rings is 1. The number of carbonyl (C=O) groups excluding carboxylic acids is 1. The van der Waals surface area contributed by atoms with Gasteiger partial charge in [-0.1, -0.05) is 37.3 Å². The monoisotopic (exact) mass is 315 g/mol. The van der Waals surface area contributed by atoms with E-state index in [1.165, 1.54) is 11.3 Å². The molecule has 1 aromatic carbocycles. The highest BCUT2D eigenvalue weighted by Crippen LogP contribution is 2.28. The zero-order chi connectivity index (χ0) is 15.4. The summed E-state index contributed by atoms with van der Waals surface area (Å²) in [7, 11) is 0. The zero-order valence-corrected chi connectivity index (χ0v) is 13.6. The van der Waals surface area contributed by atoms with Crippen LogP contribution in [0.25, 0.3) is 10.6 Å². The SMILES string of the molecule is CC1(CNC(=O)c2cnc(-c3ccccc3)s2)CCNCC1. The van der Waals surface area contributed by atoms with Crippen LogP contribution in [0.15, 0.2) is 36.5 Å². The van der Waals surface area contributed by atoms with Gasteiger partial charge in [-0.05, 0) is 31.3 Å². The minimum Gasteiger partial charge on any atom is -0.351 e. The minimum absolute atomic E-state index is 0.0144. The number of rotatable bonds is 4. The quantitative estimate of drug-likeness (QED) is 0.912. The lowest BCUT2D eigenvalue weighted by molar-refractivity contribution is 0.0926. The highest BCUT2D eigenvalue weighted by atomic mass is 32.1. The van der Waals surface area contributed by atoms with Crippen molar-refractivity contribution < 1.29 is 4.79 Å². The summed E-state index contributed by atoms with van der Waals surface area (Å²) in [6.45, 7) is 5.04. The van der Waals surface area contributed by atoms with Crippen LogP contribution in [0.4, 0.5) is 0 Å². The van der Waals surface area contributed by atoms with Crippen molar-refractivity contribution in [2.75, 3.05) is 19.6 Å². The van der Waals surface area contributed by atoms with Crippen LogP contribution in [0.3, 0.4) is 0 Å². The number of hydrogen-bond acceptors (Lipinski definition) is 4. The first kappa shape index (κ1) is 15.2. The molecule has 0 atom stereocenters. The highest BCUT2D eigenvalue weighted by Gasteiger charge is 2.27. The first-order chi connectivity index (χ1) is 10.7. The number of amides is 1. The van der Waals surface area contributed by atoms with Crippen LogP contribution in [0, 0.1) is 5.41 Å². The maximum Gasteiger partial charge on any atom is 0.263 e. The topological polar surface area (TPSA) is 54.0 Å². The van der Waals surface area contributed by atoms with Crippen molar-refractivity contribution in [2.45, 2.75) is 19.8 Å². The molecule has 1 fully saturated rings. The summed E-state index contributed by atoms with van der Waals surface area (Å²) >= 11 is 1.44. The van der Waals surface area contributed by atoms with Gasteiger partial charge in [0.2, 0.25) is 0 Å². The lowest BCUT2D eigenvalue weighted by atomic mass is 9.81. The van der Waals surface area contributed by atoms with E-state index in [9.17, 15) is 4.79 Å². The van der Waals surface area contributed by atoms with Gasteiger partial charge in [-0.15, -0.1) is 11.3 Å². The van der Waals surface area contributed by atoms with Gasteiger partial charge in [0.15, 0.2) is 0 Å². The molecule has 2 N–H and O–H groups in total. The Balaban J connectivity index is 1.62. The van der Waals surface area contributed by atoms with Crippen molar-refractivity contribution in [1.82, 2.24) is 15.6 Å². The number of benzene rings is 1. The van der Waals surface area contributed by atoms with Gasteiger partial charge in [0.25, 0.3) is 5.91 Å². The Morgan fingerprint density at radius 1 is 1.32 bits per heavy atom. The van der Waals surface area contributed by atoms with Crippen LogP contribution in [0.5, 0.6) is 0 Å². The van der Waals surface area contributed by atoms with Crippen LogP contribution < -0.4 is 10.6 Å². The molecular formula is C17H21N3OS. The first-order valence-corrected chi connectivity index (χ1v) is 8.48. The first-order valence-electron chi connectivity index (χ1n) is 7.66. The van der Waals surface area contributed by atoms with Crippen molar-refractivity contribution in [3.63, 3.8) is 0 Å². The molecule has 0 aliphatic carbocycles. The highest BCUT2D eigenvalue weighted by molar-refractivity contribution is 7.16. The summed E-state index contributed by atoms with van der Waals surface area (Å²) in [5, 5.41) is 7.33. The molecule has 0 bridgehead atoms. The molecule has 1 aliphatic heterocycles. The zero-order valence-electron chi connectivity index (χ0n) is 12.8. The van der Waals surface area contributed by atoms with E-state index in [1.54, 1.807) is 6.20 Å². The Bertz CT molecular complexity index is 632. The van der Waals surface area contributed by atoms with Gasteiger partial charge in [-0.25, -0.2) is 4.98 Å². The van der Waals surface area contributed by atoms with E-state index in [4.69, 9.17) is 0 Å². The minimum atomic E-state index is -0.0144. The summed E-state index contributed by atoms with van der Waals surface area (Å²) in [6, 6.07) is 9.96. The van der Waals surface area contributed by atoms with Crippen LogP contribution in [0.1, 0.15) is 29.4 Å². The van der Waals surface area contributed by atoms with Gasteiger partial charge in [-0.2, -0.15) is 0 Å². The largest absolute Gasteiger partial charge is 0.351 e. The van der Waals surface area contributed by atoms with E-state index in [-0.39, 0.29) is 11.3 Å². The second kappa shape index (κ2) is 6.58. The van der Waals surface area contributed by atoms with Gasteiger partial charge in [0, 0.05) is 12.1 Å². The summed E-state index contributed by atoms with van der Waals surface area (Å²) in [5.74, 6) is -0.0144. The van der Waals surface area contributed by atoms with E-state index in [0.717, 1.165) is 43.0 Å². The maximum atomic E-state index is 12.3. The molecule has 116 valence electrons. The number of nitrogens with one attached hydrogen (secondary N) is 2. The number of piperidine rings is 1. The van der Waals surface area contributed by atoms with Crippen molar-refractivity contribution in [3.8, 4) is 10.6 Å². The van der Waals surface area contributed by atoms with Gasteiger partial charge >= 0.3 is 0 Å². The normalized spacial score (nSPS) is 17.1. The summed E-state index contributed by atoms with van der Waals surface area (Å²) in [4.78, 5) is 17.4. The fraction of sp³-hybridized carbons (Fsp3) is 0.412. The van der Waals surface area contributed by atoms with Gasteiger partial charge in [-0.3, -0.25) is 4.79 Å². The lowest BCUT2D eigenvalue weighted by Crippen LogP contribution is -2.42. The van der Waals surface area contributed by atoms with E-state index in [1.807, 2.05) is 30.3 Å². The molecule has 2 heterocycles. The summed E-state index contributed by atoms with van der Waals surface area (Å²) in [6.07, 6.45) is 3.88. The average molecular weight is 315 g/mol. The Hall–Kier alpha value is -1.72. The molecule has 1 saturated heterocycles. The molecule has 4 nitrogen and oxygen atoms in total. The smallest absolute Gasteiger partial charge is 0.263 e. The van der Waals surface area contributed by atoms with Crippen molar-refractivity contribution >= 4 is 17.2 Å². The molecule has 0 unspecified atom stereocenters. The number of nitrogens with zero attached hydrogens (tertiary/aromatic N) is 1. The van der Waals surface area contributed by atoms with Crippen LogP contribution >= 0.6 is 11.3 Å². The molecule has 1 aliphatic rings. The molecule has 1 aromatic heterocycles. The number of aromatic nitrogens is 1. The molecule has 0 spiro atoms. The second-order valence-electron chi connectivity index (χ2n) is 6.14. The fourth-order valence-corrected chi connectivity index (χ4v) is 3.52. The van der Waals surface area contributed by atoms with Gasteiger partial charge < -0.3 is 10.6 Å². The summed E-state index contributed by atoms with van der Waals surface area (Å²) < 4.78 is 0. The second-order valence-corrected chi connectivity index (χ2v) is 7.17. The lowest BCUT2D eigenvalue weighted by Gasteiger charge is -2.34. The average Bonchev–Trinajstić information content (AvgIpc) is 3.04. The van der Waals surface area contributed by atoms with Gasteiger partial charge in [0.05, 0.1) is 6.20 Å². The molecule has 0 radical (unpaired) electrons.